The lowest BCUT2D eigenvalue weighted by Crippen LogP contribution is -2.26. The maximum Gasteiger partial charge on any atom is 0.289 e. The normalized spacial score (nSPS) is 10.5. The first-order valence-electron chi connectivity index (χ1n) is 4.54. The second kappa shape index (κ2) is 5.39. The van der Waals surface area contributed by atoms with Crippen molar-refractivity contribution in [3.8, 4) is 0 Å². The molecule has 0 atom stereocenters. The van der Waals surface area contributed by atoms with E-state index in [0.717, 1.165) is 13.0 Å². The Balaban J connectivity index is 2.16. The average Bonchev–Trinajstić information content (AvgIpc) is 2.64. The lowest BCUT2D eigenvalue weighted by atomic mass is 10.3. The third-order valence-corrected chi connectivity index (χ3v) is 1.73. The maximum absolute atomic E-state index is 11.3. The van der Waals surface area contributed by atoms with Gasteiger partial charge >= 0.3 is 0 Å². The molecule has 0 bridgehead atoms. The van der Waals surface area contributed by atoms with Crippen molar-refractivity contribution in [2.45, 2.75) is 6.42 Å². The summed E-state index contributed by atoms with van der Waals surface area (Å²) in [6.07, 6.45) is 2.38. The Morgan fingerprint density at radius 2 is 2.43 bits per heavy atom. The summed E-state index contributed by atoms with van der Waals surface area (Å²) in [7, 11) is 4.00. The molecule has 0 aliphatic carbocycles. The topological polar surface area (TPSA) is 58.4 Å². The Morgan fingerprint density at radius 3 is 3.00 bits per heavy atom. The fourth-order valence-corrected chi connectivity index (χ4v) is 1.02. The molecular weight excluding hydrogens is 182 g/mol. The van der Waals surface area contributed by atoms with E-state index in [2.05, 4.69) is 15.4 Å². The minimum Gasteiger partial charge on any atom is -0.351 e. The Morgan fingerprint density at radius 1 is 1.64 bits per heavy atom. The van der Waals surface area contributed by atoms with E-state index in [0.29, 0.717) is 6.54 Å². The first kappa shape index (κ1) is 10.7. The molecule has 1 N–H and O–H groups in total. The van der Waals surface area contributed by atoms with Crippen molar-refractivity contribution in [1.29, 1.82) is 0 Å². The number of aromatic nitrogens is 1. The number of nitrogens with one attached hydrogen (secondary N) is 1. The predicted molar refractivity (Wildman–Crippen MR) is 52.0 cm³/mol. The van der Waals surface area contributed by atoms with Gasteiger partial charge in [0.25, 0.3) is 5.91 Å². The highest BCUT2D eigenvalue weighted by Crippen LogP contribution is 1.95. The number of hydrogen-bond donors (Lipinski definition) is 1. The van der Waals surface area contributed by atoms with Crippen molar-refractivity contribution in [3.63, 3.8) is 0 Å². The average molecular weight is 197 g/mol. The molecule has 78 valence electrons. The van der Waals surface area contributed by atoms with E-state index < -0.39 is 0 Å². The van der Waals surface area contributed by atoms with E-state index in [1.54, 1.807) is 6.07 Å². The molecule has 0 fully saturated rings. The summed E-state index contributed by atoms with van der Waals surface area (Å²) in [5, 5.41) is 6.20. The van der Waals surface area contributed by atoms with Gasteiger partial charge in [0.15, 0.2) is 0 Å². The van der Waals surface area contributed by atoms with Crippen molar-refractivity contribution < 1.29 is 9.32 Å². The number of hydrogen-bond acceptors (Lipinski definition) is 4. The monoisotopic (exact) mass is 197 g/mol. The quantitative estimate of drug-likeness (QED) is 0.692. The molecule has 0 saturated carbocycles. The van der Waals surface area contributed by atoms with Crippen LogP contribution < -0.4 is 5.32 Å². The minimum absolute atomic E-state index is 0.207. The van der Waals surface area contributed by atoms with E-state index in [1.165, 1.54) is 6.20 Å². The highest BCUT2D eigenvalue weighted by atomic mass is 16.5. The molecule has 0 aliphatic rings. The number of nitrogens with zero attached hydrogens (tertiary/aromatic N) is 2. The van der Waals surface area contributed by atoms with Gasteiger partial charge in [-0.05, 0) is 27.1 Å². The maximum atomic E-state index is 11.3. The first-order chi connectivity index (χ1) is 6.70. The molecule has 1 aromatic heterocycles. The van der Waals surface area contributed by atoms with Gasteiger partial charge in [-0.15, -0.1) is 0 Å². The fourth-order valence-electron chi connectivity index (χ4n) is 1.02. The van der Waals surface area contributed by atoms with Crippen LogP contribution in [0.15, 0.2) is 16.8 Å². The molecule has 0 spiro atoms. The number of carbonyl (C=O) groups is 1. The van der Waals surface area contributed by atoms with Gasteiger partial charge in [-0.3, -0.25) is 4.79 Å². The van der Waals surface area contributed by atoms with Gasteiger partial charge in [0.1, 0.15) is 0 Å². The lowest BCUT2D eigenvalue weighted by molar-refractivity contribution is 0.0915. The summed E-state index contributed by atoms with van der Waals surface area (Å²) < 4.78 is 4.70. The van der Waals surface area contributed by atoms with Crippen LogP contribution in [0.3, 0.4) is 0 Å². The number of rotatable bonds is 5. The molecule has 0 radical (unpaired) electrons. The summed E-state index contributed by atoms with van der Waals surface area (Å²) in [6, 6.07) is 1.54. The smallest absolute Gasteiger partial charge is 0.289 e. The van der Waals surface area contributed by atoms with Crippen LogP contribution in [0.4, 0.5) is 0 Å². The van der Waals surface area contributed by atoms with Crippen LogP contribution in [-0.2, 0) is 0 Å². The molecule has 0 saturated heterocycles. The Labute approximate surface area is 83.1 Å². The molecule has 1 rings (SSSR count). The number of amides is 1. The van der Waals surface area contributed by atoms with Crippen LogP contribution in [0, 0.1) is 0 Å². The zero-order valence-corrected chi connectivity index (χ0v) is 8.49. The van der Waals surface area contributed by atoms with E-state index >= 15 is 0 Å². The summed E-state index contributed by atoms with van der Waals surface area (Å²) in [5.74, 6) is 0.0520. The highest BCUT2D eigenvalue weighted by molar-refractivity contribution is 5.91. The summed E-state index contributed by atoms with van der Waals surface area (Å²) in [6.45, 7) is 1.61. The van der Waals surface area contributed by atoms with E-state index in [9.17, 15) is 4.79 Å². The Kier molecular flexibility index (Phi) is 4.12. The zero-order chi connectivity index (χ0) is 10.4. The van der Waals surface area contributed by atoms with E-state index in [4.69, 9.17) is 4.52 Å². The summed E-state index contributed by atoms with van der Waals surface area (Å²) in [4.78, 5) is 13.4. The number of carbonyl (C=O) groups excluding carboxylic acids is 1. The molecule has 1 aromatic rings. The Hall–Kier alpha value is -1.36. The zero-order valence-electron chi connectivity index (χ0n) is 8.49. The molecule has 14 heavy (non-hydrogen) atoms. The molecule has 0 aromatic carbocycles. The van der Waals surface area contributed by atoms with Crippen molar-refractivity contribution in [2.75, 3.05) is 27.2 Å². The van der Waals surface area contributed by atoms with Crippen LogP contribution >= 0.6 is 0 Å². The standard InChI is InChI=1S/C9H15N3O2/c1-12(2)7-3-5-10-9(13)8-4-6-11-14-8/h4,6H,3,5,7H2,1-2H3,(H,10,13). The SMILES string of the molecule is CN(C)CCCNC(=O)c1ccno1. The predicted octanol–water partition coefficient (Wildman–Crippen LogP) is 0.356. The van der Waals surface area contributed by atoms with Crippen LogP contribution in [0.1, 0.15) is 17.0 Å². The van der Waals surface area contributed by atoms with Gasteiger partial charge < -0.3 is 14.7 Å². The van der Waals surface area contributed by atoms with Crippen molar-refractivity contribution in [1.82, 2.24) is 15.4 Å². The van der Waals surface area contributed by atoms with Crippen molar-refractivity contribution in [3.05, 3.63) is 18.0 Å². The second-order valence-electron chi connectivity index (χ2n) is 3.29. The van der Waals surface area contributed by atoms with Crippen LogP contribution in [0.25, 0.3) is 0 Å². The molecule has 1 amide bonds. The van der Waals surface area contributed by atoms with Crippen LogP contribution in [0.2, 0.25) is 0 Å². The molecule has 5 heteroatoms. The van der Waals surface area contributed by atoms with Crippen LogP contribution in [0.5, 0.6) is 0 Å². The minimum atomic E-state index is -0.207. The largest absolute Gasteiger partial charge is 0.351 e. The van der Waals surface area contributed by atoms with Gasteiger partial charge in [-0.2, -0.15) is 0 Å². The van der Waals surface area contributed by atoms with Crippen molar-refractivity contribution in [2.24, 2.45) is 0 Å². The van der Waals surface area contributed by atoms with Gasteiger partial charge in [-0.1, -0.05) is 5.16 Å². The molecule has 0 aliphatic heterocycles. The van der Waals surface area contributed by atoms with E-state index in [-0.39, 0.29) is 11.7 Å². The molecule has 1 heterocycles. The lowest BCUT2D eigenvalue weighted by Gasteiger charge is -2.08. The summed E-state index contributed by atoms with van der Waals surface area (Å²) in [5.41, 5.74) is 0. The Bertz CT molecular complexity index is 270. The van der Waals surface area contributed by atoms with Crippen LogP contribution in [-0.4, -0.2) is 43.1 Å². The summed E-state index contributed by atoms with van der Waals surface area (Å²) >= 11 is 0. The highest BCUT2D eigenvalue weighted by Gasteiger charge is 2.07. The fraction of sp³-hybridized carbons (Fsp3) is 0.556. The molecule has 5 nitrogen and oxygen atoms in total. The second-order valence-corrected chi connectivity index (χ2v) is 3.29. The third-order valence-electron chi connectivity index (χ3n) is 1.73. The molecule has 0 unspecified atom stereocenters. The molecular formula is C9H15N3O2. The van der Waals surface area contributed by atoms with Gasteiger partial charge in [0.05, 0.1) is 6.20 Å². The third kappa shape index (κ3) is 3.57. The van der Waals surface area contributed by atoms with E-state index in [1.807, 2.05) is 14.1 Å². The first-order valence-corrected chi connectivity index (χ1v) is 4.54. The van der Waals surface area contributed by atoms with Gasteiger partial charge in [0.2, 0.25) is 5.76 Å². The van der Waals surface area contributed by atoms with Gasteiger partial charge in [-0.25, -0.2) is 0 Å². The van der Waals surface area contributed by atoms with Gasteiger partial charge in [0, 0.05) is 12.6 Å². The van der Waals surface area contributed by atoms with Crippen molar-refractivity contribution >= 4 is 5.91 Å².